The molecule has 3 heteroatoms. The molecule has 0 saturated heterocycles. The van der Waals surface area contributed by atoms with E-state index < -0.39 is 0 Å². The quantitative estimate of drug-likeness (QED) is 0.696. The first-order valence-corrected chi connectivity index (χ1v) is 4.48. The summed E-state index contributed by atoms with van der Waals surface area (Å²) < 4.78 is 0. The lowest BCUT2D eigenvalue weighted by Crippen LogP contribution is -1.89. The van der Waals surface area contributed by atoms with Gasteiger partial charge < -0.3 is 5.11 Å². The average Bonchev–Trinajstić information content (AvgIpc) is 2.03. The smallest absolute Gasteiger partial charge is 0.0989 e. The molecule has 0 aromatic carbocycles. The van der Waals surface area contributed by atoms with Crippen molar-refractivity contribution in [2.45, 2.75) is 11.9 Å². The fourth-order valence-corrected chi connectivity index (χ4v) is 1.48. The fourth-order valence-electron chi connectivity index (χ4n) is 0.765. The van der Waals surface area contributed by atoms with Crippen LogP contribution in [0.3, 0.4) is 0 Å². The summed E-state index contributed by atoms with van der Waals surface area (Å²) in [5, 5.41) is 9.59. The minimum Gasteiger partial charge on any atom is -0.396 e. The average molecular weight is 169 g/mol. The second kappa shape index (κ2) is 4.36. The number of thioether (sulfide) groups is 1. The van der Waals surface area contributed by atoms with Gasteiger partial charge in [0.2, 0.25) is 0 Å². The summed E-state index contributed by atoms with van der Waals surface area (Å²) in [6.07, 6.45) is 1.77. The van der Waals surface area contributed by atoms with Crippen molar-refractivity contribution in [2.24, 2.45) is 0 Å². The van der Waals surface area contributed by atoms with E-state index in [0.29, 0.717) is 0 Å². The fraction of sp³-hybridized carbons (Fsp3) is 0.375. The monoisotopic (exact) mass is 169 g/mol. The number of aryl methyl sites for hydroxylation is 1. The third-order valence-corrected chi connectivity index (χ3v) is 2.38. The van der Waals surface area contributed by atoms with E-state index in [-0.39, 0.29) is 6.61 Å². The molecule has 0 fully saturated rings. The number of hydrogen-bond acceptors (Lipinski definition) is 3. The van der Waals surface area contributed by atoms with Crippen LogP contribution in [-0.4, -0.2) is 22.5 Å². The van der Waals surface area contributed by atoms with Crippen LogP contribution in [0.2, 0.25) is 0 Å². The van der Waals surface area contributed by atoms with Gasteiger partial charge in [-0.25, -0.2) is 4.98 Å². The van der Waals surface area contributed by atoms with E-state index in [1.165, 1.54) is 5.56 Å². The Morgan fingerprint density at radius 2 is 2.45 bits per heavy atom. The molecule has 0 aliphatic carbocycles. The molecular weight excluding hydrogens is 158 g/mol. The molecule has 2 nitrogen and oxygen atoms in total. The van der Waals surface area contributed by atoms with Crippen LogP contribution in [0.15, 0.2) is 23.4 Å². The van der Waals surface area contributed by atoms with Crippen molar-refractivity contribution in [3.8, 4) is 0 Å². The number of aromatic nitrogens is 1. The summed E-state index contributed by atoms with van der Waals surface area (Å²) in [6, 6.07) is 3.94. The SMILES string of the molecule is Cc1cccnc1SCCO. The Bertz CT molecular complexity index is 227. The molecule has 11 heavy (non-hydrogen) atoms. The standard InChI is InChI=1S/C8H11NOS/c1-7-3-2-4-9-8(7)11-6-5-10/h2-4,10H,5-6H2,1H3. The zero-order valence-corrected chi connectivity index (χ0v) is 7.27. The van der Waals surface area contributed by atoms with E-state index in [2.05, 4.69) is 4.98 Å². The largest absolute Gasteiger partial charge is 0.396 e. The summed E-state index contributed by atoms with van der Waals surface area (Å²) in [5.41, 5.74) is 1.17. The van der Waals surface area contributed by atoms with Gasteiger partial charge in [-0.15, -0.1) is 11.8 Å². The molecule has 0 unspecified atom stereocenters. The third-order valence-electron chi connectivity index (χ3n) is 1.29. The third kappa shape index (κ3) is 2.52. The van der Waals surface area contributed by atoms with Crippen LogP contribution in [0.5, 0.6) is 0 Å². The number of rotatable bonds is 3. The first kappa shape index (κ1) is 8.56. The molecule has 0 amide bonds. The van der Waals surface area contributed by atoms with E-state index >= 15 is 0 Å². The number of aliphatic hydroxyl groups is 1. The normalized spacial score (nSPS) is 10.0. The van der Waals surface area contributed by atoms with Crippen LogP contribution in [0, 0.1) is 6.92 Å². The Morgan fingerprint density at radius 3 is 3.09 bits per heavy atom. The highest BCUT2D eigenvalue weighted by Gasteiger charge is 1.96. The molecule has 60 valence electrons. The molecular formula is C8H11NOS. The Labute approximate surface area is 70.7 Å². The van der Waals surface area contributed by atoms with E-state index in [4.69, 9.17) is 5.11 Å². The summed E-state index contributed by atoms with van der Waals surface area (Å²) in [6.45, 7) is 2.23. The summed E-state index contributed by atoms with van der Waals surface area (Å²) in [7, 11) is 0. The van der Waals surface area contributed by atoms with Crippen molar-refractivity contribution in [3.63, 3.8) is 0 Å². The van der Waals surface area contributed by atoms with Gasteiger partial charge in [0, 0.05) is 11.9 Å². The van der Waals surface area contributed by atoms with Crippen molar-refractivity contribution in [2.75, 3.05) is 12.4 Å². The summed E-state index contributed by atoms with van der Waals surface area (Å²) >= 11 is 1.59. The zero-order valence-electron chi connectivity index (χ0n) is 6.45. The molecule has 1 aromatic rings. The van der Waals surface area contributed by atoms with E-state index in [0.717, 1.165) is 10.8 Å². The molecule has 0 aliphatic heterocycles. The van der Waals surface area contributed by atoms with Gasteiger partial charge in [0.15, 0.2) is 0 Å². The van der Waals surface area contributed by atoms with Gasteiger partial charge in [0.25, 0.3) is 0 Å². The highest BCUT2D eigenvalue weighted by atomic mass is 32.2. The second-order valence-corrected chi connectivity index (χ2v) is 3.28. The van der Waals surface area contributed by atoms with Crippen LogP contribution >= 0.6 is 11.8 Å². The second-order valence-electron chi connectivity index (χ2n) is 2.20. The summed E-state index contributed by atoms with van der Waals surface area (Å²) in [4.78, 5) is 4.17. The summed E-state index contributed by atoms with van der Waals surface area (Å²) in [5.74, 6) is 0.720. The predicted octanol–water partition coefficient (Wildman–Crippen LogP) is 1.47. The highest BCUT2D eigenvalue weighted by Crippen LogP contribution is 2.17. The van der Waals surface area contributed by atoms with Gasteiger partial charge in [-0.3, -0.25) is 0 Å². The molecule has 1 aromatic heterocycles. The molecule has 0 atom stereocenters. The zero-order chi connectivity index (χ0) is 8.10. The Balaban J connectivity index is 2.62. The van der Waals surface area contributed by atoms with Crippen LogP contribution in [-0.2, 0) is 0 Å². The van der Waals surface area contributed by atoms with Gasteiger partial charge in [-0.1, -0.05) is 6.07 Å². The maximum atomic E-state index is 8.57. The van der Waals surface area contributed by atoms with Crippen LogP contribution < -0.4 is 0 Å². The maximum Gasteiger partial charge on any atom is 0.0989 e. The first-order valence-electron chi connectivity index (χ1n) is 3.50. The van der Waals surface area contributed by atoms with Crippen molar-refractivity contribution in [1.29, 1.82) is 0 Å². The highest BCUT2D eigenvalue weighted by molar-refractivity contribution is 7.99. The number of pyridine rings is 1. The van der Waals surface area contributed by atoms with E-state index in [9.17, 15) is 0 Å². The minimum atomic E-state index is 0.209. The lowest BCUT2D eigenvalue weighted by atomic mass is 10.3. The van der Waals surface area contributed by atoms with Crippen molar-refractivity contribution < 1.29 is 5.11 Å². The topological polar surface area (TPSA) is 33.1 Å². The van der Waals surface area contributed by atoms with Gasteiger partial charge in [0.05, 0.1) is 11.6 Å². The Hall–Kier alpha value is -0.540. The van der Waals surface area contributed by atoms with Crippen LogP contribution in [0.1, 0.15) is 5.56 Å². The molecule has 1 N–H and O–H groups in total. The Morgan fingerprint density at radius 1 is 1.64 bits per heavy atom. The molecule has 0 spiro atoms. The molecule has 1 rings (SSSR count). The molecule has 0 aliphatic rings. The van der Waals surface area contributed by atoms with Gasteiger partial charge >= 0.3 is 0 Å². The van der Waals surface area contributed by atoms with E-state index in [1.807, 2.05) is 19.1 Å². The van der Waals surface area contributed by atoms with Crippen LogP contribution in [0.25, 0.3) is 0 Å². The van der Waals surface area contributed by atoms with Gasteiger partial charge in [-0.05, 0) is 18.6 Å². The molecule has 0 radical (unpaired) electrons. The Kier molecular flexibility index (Phi) is 3.39. The predicted molar refractivity (Wildman–Crippen MR) is 46.8 cm³/mol. The number of hydrogen-bond donors (Lipinski definition) is 1. The van der Waals surface area contributed by atoms with Crippen molar-refractivity contribution in [3.05, 3.63) is 23.9 Å². The lowest BCUT2D eigenvalue weighted by molar-refractivity contribution is 0.322. The number of nitrogens with zero attached hydrogens (tertiary/aromatic N) is 1. The minimum absolute atomic E-state index is 0.209. The lowest BCUT2D eigenvalue weighted by Gasteiger charge is -2.00. The molecule has 0 saturated carbocycles. The van der Waals surface area contributed by atoms with Gasteiger partial charge in [0.1, 0.15) is 0 Å². The van der Waals surface area contributed by atoms with Crippen LogP contribution in [0.4, 0.5) is 0 Å². The maximum absolute atomic E-state index is 8.57. The van der Waals surface area contributed by atoms with Gasteiger partial charge in [-0.2, -0.15) is 0 Å². The van der Waals surface area contributed by atoms with E-state index in [1.54, 1.807) is 18.0 Å². The number of aliphatic hydroxyl groups excluding tert-OH is 1. The van der Waals surface area contributed by atoms with Crippen molar-refractivity contribution >= 4 is 11.8 Å². The molecule has 0 bridgehead atoms. The first-order chi connectivity index (χ1) is 5.34. The molecule has 1 heterocycles. The van der Waals surface area contributed by atoms with Crippen molar-refractivity contribution in [1.82, 2.24) is 4.98 Å².